The number of hydrogen-bond donors (Lipinski definition) is 2. The standard InChI is InChI=1S/C14H19ClN4O/c1-10-6-5-7-11(15)12(10)17-14(20)18-13(16-2)19-8-3-4-9-19/h5-7H,3-4,8-9H2,1-2H3,(H2,16,17,18,20). The average molecular weight is 295 g/mol. The van der Waals surface area contributed by atoms with Crippen molar-refractivity contribution in [2.75, 3.05) is 25.5 Å². The maximum Gasteiger partial charge on any atom is 0.326 e. The number of urea groups is 1. The highest BCUT2D eigenvalue weighted by Gasteiger charge is 2.18. The molecule has 2 amide bonds. The highest BCUT2D eigenvalue weighted by Crippen LogP contribution is 2.24. The van der Waals surface area contributed by atoms with Crippen LogP contribution in [0.15, 0.2) is 23.2 Å². The molecule has 2 rings (SSSR count). The molecule has 0 bridgehead atoms. The summed E-state index contributed by atoms with van der Waals surface area (Å²) in [5.74, 6) is 0.602. The van der Waals surface area contributed by atoms with E-state index in [1.54, 1.807) is 13.1 Å². The van der Waals surface area contributed by atoms with Gasteiger partial charge in [0.15, 0.2) is 0 Å². The number of amides is 2. The van der Waals surface area contributed by atoms with Gasteiger partial charge in [-0.3, -0.25) is 10.3 Å². The monoisotopic (exact) mass is 294 g/mol. The first kappa shape index (κ1) is 14.7. The van der Waals surface area contributed by atoms with Crippen molar-refractivity contribution >= 4 is 29.3 Å². The molecule has 1 aliphatic heterocycles. The van der Waals surface area contributed by atoms with E-state index in [9.17, 15) is 4.79 Å². The van der Waals surface area contributed by atoms with Crippen molar-refractivity contribution in [1.29, 1.82) is 0 Å². The minimum Gasteiger partial charge on any atom is -0.343 e. The fraction of sp³-hybridized carbons (Fsp3) is 0.429. The van der Waals surface area contributed by atoms with Crippen LogP contribution in [0, 0.1) is 6.92 Å². The van der Waals surface area contributed by atoms with E-state index in [1.165, 1.54) is 0 Å². The Hall–Kier alpha value is -1.75. The number of carbonyl (C=O) groups excluding carboxylic acids is 1. The van der Waals surface area contributed by atoms with Gasteiger partial charge in [0.25, 0.3) is 0 Å². The Morgan fingerprint density at radius 3 is 2.65 bits per heavy atom. The number of halogens is 1. The highest BCUT2D eigenvalue weighted by molar-refractivity contribution is 6.34. The van der Waals surface area contributed by atoms with Crippen LogP contribution < -0.4 is 10.6 Å². The van der Waals surface area contributed by atoms with Crippen molar-refractivity contribution in [2.45, 2.75) is 19.8 Å². The van der Waals surface area contributed by atoms with Gasteiger partial charge in [-0.15, -0.1) is 0 Å². The zero-order chi connectivity index (χ0) is 14.5. The number of para-hydroxylation sites is 1. The lowest BCUT2D eigenvalue weighted by molar-refractivity contribution is 0.255. The number of benzene rings is 1. The Balaban J connectivity index is 2.01. The van der Waals surface area contributed by atoms with Gasteiger partial charge in [0.2, 0.25) is 5.96 Å². The summed E-state index contributed by atoms with van der Waals surface area (Å²) in [6, 6.07) is 5.17. The van der Waals surface area contributed by atoms with Gasteiger partial charge in [-0.25, -0.2) is 4.79 Å². The van der Waals surface area contributed by atoms with E-state index in [-0.39, 0.29) is 6.03 Å². The zero-order valence-electron chi connectivity index (χ0n) is 11.7. The van der Waals surface area contributed by atoms with Crippen LogP contribution in [0.4, 0.5) is 10.5 Å². The molecule has 0 radical (unpaired) electrons. The Kier molecular flexibility index (Phi) is 4.84. The molecule has 0 aromatic heterocycles. The quantitative estimate of drug-likeness (QED) is 0.618. The summed E-state index contributed by atoms with van der Waals surface area (Å²) >= 11 is 6.09. The molecule has 0 aliphatic carbocycles. The summed E-state index contributed by atoms with van der Waals surface area (Å²) in [5.41, 5.74) is 1.55. The van der Waals surface area contributed by atoms with Crippen molar-refractivity contribution in [1.82, 2.24) is 10.2 Å². The lowest BCUT2D eigenvalue weighted by Crippen LogP contribution is -2.44. The molecule has 1 aliphatic rings. The molecular formula is C14H19ClN4O. The van der Waals surface area contributed by atoms with Crippen molar-refractivity contribution in [3.63, 3.8) is 0 Å². The lowest BCUT2D eigenvalue weighted by Gasteiger charge is -2.20. The number of guanidine groups is 1. The van der Waals surface area contributed by atoms with Gasteiger partial charge in [0.1, 0.15) is 0 Å². The first-order valence-corrected chi connectivity index (χ1v) is 7.04. The topological polar surface area (TPSA) is 56.7 Å². The first-order chi connectivity index (χ1) is 9.61. The number of nitrogens with zero attached hydrogens (tertiary/aromatic N) is 2. The number of anilines is 1. The Morgan fingerprint density at radius 2 is 2.05 bits per heavy atom. The smallest absolute Gasteiger partial charge is 0.326 e. The van der Waals surface area contributed by atoms with Crippen LogP contribution in [0.2, 0.25) is 5.02 Å². The third-order valence-corrected chi connectivity index (χ3v) is 3.62. The van der Waals surface area contributed by atoms with Crippen molar-refractivity contribution in [2.24, 2.45) is 4.99 Å². The van der Waals surface area contributed by atoms with Crippen molar-refractivity contribution < 1.29 is 4.79 Å². The largest absolute Gasteiger partial charge is 0.343 e. The summed E-state index contributed by atoms with van der Waals surface area (Å²) in [6.07, 6.45) is 2.26. The molecule has 108 valence electrons. The minimum absolute atomic E-state index is 0.325. The van der Waals surface area contributed by atoms with Gasteiger partial charge in [-0.05, 0) is 31.4 Å². The molecular weight excluding hydrogens is 276 g/mol. The van der Waals surface area contributed by atoms with Crippen LogP contribution in [0.25, 0.3) is 0 Å². The van der Waals surface area contributed by atoms with Gasteiger partial charge in [-0.1, -0.05) is 23.7 Å². The molecule has 0 saturated carbocycles. The number of nitrogens with one attached hydrogen (secondary N) is 2. The second kappa shape index (κ2) is 6.61. The molecule has 1 saturated heterocycles. The average Bonchev–Trinajstić information content (AvgIpc) is 2.94. The molecule has 5 nitrogen and oxygen atoms in total. The van der Waals surface area contributed by atoms with Crippen LogP contribution in [-0.4, -0.2) is 37.0 Å². The van der Waals surface area contributed by atoms with Gasteiger partial charge in [0.05, 0.1) is 10.7 Å². The van der Waals surface area contributed by atoms with Crippen LogP contribution >= 0.6 is 11.6 Å². The molecule has 1 fully saturated rings. The van der Waals surface area contributed by atoms with Crippen molar-refractivity contribution in [3.8, 4) is 0 Å². The molecule has 0 spiro atoms. The number of aryl methyl sites for hydroxylation is 1. The van der Waals surface area contributed by atoms with Gasteiger partial charge < -0.3 is 10.2 Å². The summed E-state index contributed by atoms with van der Waals surface area (Å²) in [6.45, 7) is 3.76. The second-order valence-corrected chi connectivity index (χ2v) is 5.16. The number of rotatable bonds is 1. The molecule has 0 atom stereocenters. The van der Waals surface area contributed by atoms with E-state index >= 15 is 0 Å². The Labute approximate surface area is 124 Å². The summed E-state index contributed by atoms with van der Waals surface area (Å²) in [7, 11) is 1.68. The predicted octanol–water partition coefficient (Wildman–Crippen LogP) is 2.85. The van der Waals surface area contributed by atoms with Crippen molar-refractivity contribution in [3.05, 3.63) is 28.8 Å². The van der Waals surface area contributed by atoms with E-state index in [2.05, 4.69) is 20.5 Å². The number of aliphatic imine (C=N–C) groups is 1. The van der Waals surface area contributed by atoms with E-state index < -0.39 is 0 Å². The zero-order valence-corrected chi connectivity index (χ0v) is 12.5. The highest BCUT2D eigenvalue weighted by atomic mass is 35.5. The SMILES string of the molecule is CN=C(NC(=O)Nc1c(C)cccc1Cl)N1CCCC1. The van der Waals surface area contributed by atoms with Crippen LogP contribution in [0.1, 0.15) is 18.4 Å². The Morgan fingerprint density at radius 1 is 1.35 bits per heavy atom. The lowest BCUT2D eigenvalue weighted by atomic mass is 10.2. The second-order valence-electron chi connectivity index (χ2n) is 4.75. The molecule has 2 N–H and O–H groups in total. The molecule has 1 heterocycles. The maximum absolute atomic E-state index is 12.1. The van der Waals surface area contributed by atoms with Gasteiger partial charge in [0, 0.05) is 20.1 Å². The van der Waals surface area contributed by atoms with E-state index in [0.29, 0.717) is 16.7 Å². The minimum atomic E-state index is -0.325. The maximum atomic E-state index is 12.1. The molecule has 0 unspecified atom stereocenters. The normalized spacial score (nSPS) is 15.3. The first-order valence-electron chi connectivity index (χ1n) is 6.66. The van der Waals surface area contributed by atoms with Crippen LogP contribution in [0.3, 0.4) is 0 Å². The molecule has 1 aromatic rings. The molecule has 6 heteroatoms. The van der Waals surface area contributed by atoms with E-state index in [0.717, 1.165) is 31.5 Å². The number of hydrogen-bond acceptors (Lipinski definition) is 2. The van der Waals surface area contributed by atoms with Gasteiger partial charge >= 0.3 is 6.03 Å². The number of likely N-dealkylation sites (tertiary alicyclic amines) is 1. The summed E-state index contributed by atoms with van der Waals surface area (Å²) < 4.78 is 0. The molecule has 1 aromatic carbocycles. The fourth-order valence-electron chi connectivity index (χ4n) is 2.24. The third-order valence-electron chi connectivity index (χ3n) is 3.30. The van der Waals surface area contributed by atoms with E-state index in [4.69, 9.17) is 11.6 Å². The van der Waals surface area contributed by atoms with Crippen LogP contribution in [-0.2, 0) is 0 Å². The summed E-state index contributed by atoms with van der Waals surface area (Å²) in [5, 5.41) is 6.08. The number of carbonyl (C=O) groups is 1. The molecule has 20 heavy (non-hydrogen) atoms. The van der Waals surface area contributed by atoms with E-state index in [1.807, 2.05) is 19.1 Å². The van der Waals surface area contributed by atoms with Crippen LogP contribution in [0.5, 0.6) is 0 Å². The summed E-state index contributed by atoms with van der Waals surface area (Å²) in [4.78, 5) is 18.3. The predicted molar refractivity (Wildman–Crippen MR) is 82.5 cm³/mol. The third kappa shape index (κ3) is 3.42. The Bertz CT molecular complexity index is 504. The van der Waals surface area contributed by atoms with Gasteiger partial charge in [-0.2, -0.15) is 0 Å². The fourth-order valence-corrected chi connectivity index (χ4v) is 2.51.